The van der Waals surface area contributed by atoms with Crippen molar-refractivity contribution < 1.29 is 14.3 Å². The summed E-state index contributed by atoms with van der Waals surface area (Å²) >= 11 is 0. The molecule has 0 saturated heterocycles. The highest BCUT2D eigenvalue weighted by Gasteiger charge is 2.13. The van der Waals surface area contributed by atoms with Gasteiger partial charge in [-0.1, -0.05) is 72.8 Å². The summed E-state index contributed by atoms with van der Waals surface area (Å²) in [6.07, 6.45) is 1.60. The Bertz CT molecular complexity index is 956. The number of hydrogen-bond donors (Lipinski definition) is 1. The zero-order chi connectivity index (χ0) is 18.4. The lowest BCUT2D eigenvalue weighted by molar-refractivity contribution is -0.141. The normalized spacial score (nSPS) is 11.2. The smallest absolute Gasteiger partial charge is 0.355 e. The first kappa shape index (κ1) is 17.4. The highest BCUT2D eigenvalue weighted by atomic mass is 16.5. The van der Waals surface area contributed by atoms with Gasteiger partial charge in [0, 0.05) is 6.92 Å². The molecule has 0 aliphatic rings. The average Bonchev–Trinajstić information content (AvgIpc) is 2.66. The first-order valence-corrected chi connectivity index (χ1v) is 8.31. The van der Waals surface area contributed by atoms with Crippen LogP contribution in [0.3, 0.4) is 0 Å². The van der Waals surface area contributed by atoms with Crippen LogP contribution in [-0.4, -0.2) is 11.9 Å². The zero-order valence-electron chi connectivity index (χ0n) is 14.4. The van der Waals surface area contributed by atoms with Crippen LogP contribution in [0, 0.1) is 0 Å². The van der Waals surface area contributed by atoms with Crippen molar-refractivity contribution in [1.82, 2.24) is 5.32 Å². The van der Waals surface area contributed by atoms with Gasteiger partial charge < -0.3 is 10.1 Å². The largest absolute Gasteiger partial charge is 0.456 e. The number of esters is 1. The molecule has 0 atom stereocenters. The van der Waals surface area contributed by atoms with Gasteiger partial charge in [0.1, 0.15) is 12.3 Å². The minimum Gasteiger partial charge on any atom is -0.456 e. The van der Waals surface area contributed by atoms with E-state index >= 15 is 0 Å². The van der Waals surface area contributed by atoms with E-state index in [1.807, 2.05) is 72.8 Å². The Morgan fingerprint density at radius 3 is 2.38 bits per heavy atom. The standard InChI is InChI=1S/C22H19NO3/c1-16(24)23-21(14-17-8-3-2-4-9-17)22(25)26-15-19-12-7-11-18-10-5-6-13-20(18)19/h2-14H,15H2,1H3,(H,23,24). The third kappa shape index (κ3) is 4.36. The molecule has 0 fully saturated rings. The predicted octanol–water partition coefficient (Wildman–Crippen LogP) is 4.06. The lowest BCUT2D eigenvalue weighted by Crippen LogP contribution is -2.26. The zero-order valence-corrected chi connectivity index (χ0v) is 14.4. The van der Waals surface area contributed by atoms with Crippen LogP contribution < -0.4 is 5.32 Å². The monoisotopic (exact) mass is 345 g/mol. The maximum absolute atomic E-state index is 12.5. The fourth-order valence-corrected chi connectivity index (χ4v) is 2.69. The number of benzene rings is 3. The van der Waals surface area contributed by atoms with Crippen molar-refractivity contribution in [1.29, 1.82) is 0 Å². The molecule has 0 aliphatic carbocycles. The predicted molar refractivity (Wildman–Crippen MR) is 102 cm³/mol. The van der Waals surface area contributed by atoms with Gasteiger partial charge in [-0.2, -0.15) is 0 Å². The third-order valence-corrected chi connectivity index (χ3v) is 3.88. The molecule has 1 N–H and O–H groups in total. The highest BCUT2D eigenvalue weighted by molar-refractivity contribution is 5.97. The van der Waals surface area contributed by atoms with E-state index in [-0.39, 0.29) is 18.2 Å². The molecule has 0 aromatic heterocycles. The molecule has 130 valence electrons. The van der Waals surface area contributed by atoms with E-state index in [4.69, 9.17) is 4.74 Å². The minimum atomic E-state index is -0.572. The van der Waals surface area contributed by atoms with Crippen molar-refractivity contribution in [2.45, 2.75) is 13.5 Å². The number of ether oxygens (including phenoxy) is 1. The summed E-state index contributed by atoms with van der Waals surface area (Å²) in [5, 5.41) is 4.67. The third-order valence-electron chi connectivity index (χ3n) is 3.88. The van der Waals surface area contributed by atoms with Crippen LogP contribution in [-0.2, 0) is 20.9 Å². The summed E-state index contributed by atoms with van der Waals surface area (Å²) in [6, 6.07) is 23.1. The van der Waals surface area contributed by atoms with E-state index in [0.29, 0.717) is 0 Å². The summed E-state index contributed by atoms with van der Waals surface area (Å²) < 4.78 is 5.45. The first-order chi connectivity index (χ1) is 12.6. The van der Waals surface area contributed by atoms with E-state index in [9.17, 15) is 9.59 Å². The van der Waals surface area contributed by atoms with E-state index in [1.165, 1.54) is 6.92 Å². The molecule has 3 aromatic carbocycles. The lowest BCUT2D eigenvalue weighted by atomic mass is 10.1. The highest BCUT2D eigenvalue weighted by Crippen LogP contribution is 2.19. The van der Waals surface area contributed by atoms with Gasteiger partial charge in [-0.05, 0) is 28.0 Å². The molecule has 3 rings (SSSR count). The number of hydrogen-bond acceptors (Lipinski definition) is 3. The molecule has 4 nitrogen and oxygen atoms in total. The molecule has 0 saturated carbocycles. The molecule has 0 radical (unpaired) electrons. The van der Waals surface area contributed by atoms with E-state index in [0.717, 1.165) is 21.9 Å². The number of amides is 1. The maximum Gasteiger partial charge on any atom is 0.355 e. The van der Waals surface area contributed by atoms with E-state index < -0.39 is 5.97 Å². The number of fused-ring (bicyclic) bond motifs is 1. The molecule has 0 unspecified atom stereocenters. The molecular weight excluding hydrogens is 326 g/mol. The van der Waals surface area contributed by atoms with Gasteiger partial charge in [0.25, 0.3) is 0 Å². The summed E-state index contributed by atoms with van der Waals surface area (Å²) in [5.41, 5.74) is 1.83. The maximum atomic E-state index is 12.5. The Morgan fingerprint density at radius 1 is 0.923 bits per heavy atom. The topological polar surface area (TPSA) is 55.4 Å². The van der Waals surface area contributed by atoms with Crippen molar-refractivity contribution in [3.05, 3.63) is 89.6 Å². The van der Waals surface area contributed by atoms with Gasteiger partial charge in [-0.15, -0.1) is 0 Å². The quantitative estimate of drug-likeness (QED) is 0.560. The minimum absolute atomic E-state index is 0.115. The number of rotatable bonds is 5. The van der Waals surface area contributed by atoms with E-state index in [1.54, 1.807) is 6.08 Å². The second kappa shape index (κ2) is 8.12. The van der Waals surface area contributed by atoms with Crippen molar-refractivity contribution in [2.75, 3.05) is 0 Å². The molecule has 3 aromatic rings. The fourth-order valence-electron chi connectivity index (χ4n) is 2.69. The van der Waals surface area contributed by atoms with Gasteiger partial charge in [-0.3, -0.25) is 4.79 Å². The van der Waals surface area contributed by atoms with Gasteiger partial charge in [0.15, 0.2) is 0 Å². The Kier molecular flexibility index (Phi) is 5.44. The van der Waals surface area contributed by atoms with Crippen LogP contribution in [0.25, 0.3) is 16.8 Å². The van der Waals surface area contributed by atoms with Crippen LogP contribution in [0.15, 0.2) is 78.5 Å². The summed E-state index contributed by atoms with van der Waals surface area (Å²) in [5.74, 6) is -0.897. The molecule has 0 heterocycles. The molecule has 0 spiro atoms. The fraction of sp³-hybridized carbons (Fsp3) is 0.0909. The van der Waals surface area contributed by atoms with E-state index in [2.05, 4.69) is 5.32 Å². The summed E-state index contributed by atoms with van der Waals surface area (Å²) in [7, 11) is 0. The number of carbonyl (C=O) groups is 2. The molecular formula is C22H19NO3. The second-order valence-electron chi connectivity index (χ2n) is 5.86. The SMILES string of the molecule is CC(=O)NC(=Cc1ccccc1)C(=O)OCc1cccc2ccccc12. The number of carbonyl (C=O) groups excluding carboxylic acids is 2. The van der Waals surface area contributed by atoms with Crippen LogP contribution in [0.1, 0.15) is 18.1 Å². The van der Waals surface area contributed by atoms with Crippen LogP contribution in [0.4, 0.5) is 0 Å². The Morgan fingerprint density at radius 2 is 1.62 bits per heavy atom. The Balaban J connectivity index is 1.79. The van der Waals surface area contributed by atoms with Crippen molar-refractivity contribution in [3.8, 4) is 0 Å². The molecule has 26 heavy (non-hydrogen) atoms. The van der Waals surface area contributed by atoms with Crippen molar-refractivity contribution in [2.24, 2.45) is 0 Å². The number of nitrogens with one attached hydrogen (secondary N) is 1. The van der Waals surface area contributed by atoms with Crippen LogP contribution in [0.2, 0.25) is 0 Å². The van der Waals surface area contributed by atoms with Crippen LogP contribution >= 0.6 is 0 Å². The van der Waals surface area contributed by atoms with Gasteiger partial charge in [-0.25, -0.2) is 4.79 Å². The van der Waals surface area contributed by atoms with Gasteiger partial charge in [0.05, 0.1) is 0 Å². The first-order valence-electron chi connectivity index (χ1n) is 8.31. The van der Waals surface area contributed by atoms with Crippen molar-refractivity contribution >= 4 is 28.7 Å². The molecule has 0 bridgehead atoms. The molecule has 1 amide bonds. The van der Waals surface area contributed by atoms with Crippen molar-refractivity contribution in [3.63, 3.8) is 0 Å². The Hall–Kier alpha value is -3.40. The van der Waals surface area contributed by atoms with Crippen LogP contribution in [0.5, 0.6) is 0 Å². The average molecular weight is 345 g/mol. The second-order valence-corrected chi connectivity index (χ2v) is 5.86. The summed E-state index contributed by atoms with van der Waals surface area (Å²) in [6.45, 7) is 1.49. The van der Waals surface area contributed by atoms with Gasteiger partial charge in [0.2, 0.25) is 5.91 Å². The molecule has 0 aliphatic heterocycles. The molecule has 4 heteroatoms. The lowest BCUT2D eigenvalue weighted by Gasteiger charge is -2.11. The summed E-state index contributed by atoms with van der Waals surface area (Å²) in [4.78, 5) is 23.9. The Labute approximate surface area is 152 Å². The van der Waals surface area contributed by atoms with Gasteiger partial charge >= 0.3 is 5.97 Å².